The van der Waals surface area contributed by atoms with Crippen molar-refractivity contribution in [1.82, 2.24) is 9.62 Å². The van der Waals surface area contributed by atoms with Crippen LogP contribution in [0.15, 0.2) is 54.6 Å². The minimum absolute atomic E-state index is 0.0446. The summed E-state index contributed by atoms with van der Waals surface area (Å²) < 4.78 is 25.9. The van der Waals surface area contributed by atoms with Crippen molar-refractivity contribution in [2.24, 2.45) is 11.3 Å². The van der Waals surface area contributed by atoms with Crippen LogP contribution in [0.5, 0.6) is 0 Å². The van der Waals surface area contributed by atoms with E-state index >= 15 is 0 Å². The van der Waals surface area contributed by atoms with E-state index in [0.29, 0.717) is 19.5 Å². The van der Waals surface area contributed by atoms with E-state index in [2.05, 4.69) is 55.0 Å². The third-order valence-electron chi connectivity index (χ3n) is 6.89. The normalized spacial score (nSPS) is 25.6. The minimum atomic E-state index is -3.23. The Hall–Kier alpha value is -2.18. The predicted octanol–water partition coefficient (Wildman–Crippen LogP) is 4.02. The number of benzene rings is 2. The first-order valence-corrected chi connectivity index (χ1v) is 13.0. The number of likely N-dealkylation sites (tertiary alicyclic amines) is 1. The van der Waals surface area contributed by atoms with Gasteiger partial charge < -0.3 is 4.90 Å². The van der Waals surface area contributed by atoms with Gasteiger partial charge in [-0.3, -0.25) is 4.79 Å². The largest absolute Gasteiger partial charge is 0.342 e. The molecule has 31 heavy (non-hydrogen) atoms. The van der Waals surface area contributed by atoms with Gasteiger partial charge in [-0.15, -0.1) is 0 Å². The summed E-state index contributed by atoms with van der Waals surface area (Å²) in [5.74, 6) is 0.347. The van der Waals surface area contributed by atoms with E-state index in [9.17, 15) is 13.2 Å². The van der Waals surface area contributed by atoms with Gasteiger partial charge in [0.2, 0.25) is 15.9 Å². The summed E-state index contributed by atoms with van der Waals surface area (Å²) in [7, 11) is -3.23. The molecular weight excluding hydrogens is 408 g/mol. The van der Waals surface area contributed by atoms with E-state index in [1.807, 2.05) is 23.1 Å². The van der Waals surface area contributed by atoms with E-state index in [0.717, 1.165) is 12.8 Å². The molecule has 0 spiro atoms. The standard InChI is InChI=1S/C25H32N2O3S/c1-25(2)22(21-14-8-7-13-20(21)18-10-5-4-6-11-18)23(25)24(28)27-16-9-12-19(15-17-27)26-31(3,29)30/h4-8,10-11,13-14,19,22-23,26H,9,12,15-17H2,1-3H3. The van der Waals surface area contributed by atoms with Gasteiger partial charge in [-0.05, 0) is 41.4 Å². The van der Waals surface area contributed by atoms with Gasteiger partial charge in [0.1, 0.15) is 0 Å². The van der Waals surface area contributed by atoms with Crippen molar-refractivity contribution in [3.8, 4) is 11.1 Å². The van der Waals surface area contributed by atoms with Gasteiger partial charge in [-0.1, -0.05) is 68.4 Å². The smallest absolute Gasteiger partial charge is 0.226 e. The fourth-order valence-electron chi connectivity index (χ4n) is 5.26. The first kappa shape index (κ1) is 22.0. The maximum atomic E-state index is 13.5. The quantitative estimate of drug-likeness (QED) is 0.764. The van der Waals surface area contributed by atoms with Gasteiger partial charge in [-0.2, -0.15) is 0 Å². The van der Waals surface area contributed by atoms with E-state index in [1.54, 1.807) is 0 Å². The molecule has 0 aromatic heterocycles. The summed E-state index contributed by atoms with van der Waals surface area (Å²) in [4.78, 5) is 15.5. The topological polar surface area (TPSA) is 66.5 Å². The lowest BCUT2D eigenvalue weighted by atomic mass is 9.93. The summed E-state index contributed by atoms with van der Waals surface area (Å²) in [6.07, 6.45) is 3.45. The molecule has 1 aliphatic heterocycles. The molecule has 1 heterocycles. The van der Waals surface area contributed by atoms with Crippen molar-refractivity contribution in [1.29, 1.82) is 0 Å². The van der Waals surface area contributed by atoms with Crippen LogP contribution in [0, 0.1) is 11.3 Å². The Bertz CT molecular complexity index is 1050. The van der Waals surface area contributed by atoms with E-state index < -0.39 is 10.0 Å². The molecule has 1 saturated carbocycles. The second kappa shape index (κ2) is 8.40. The van der Waals surface area contributed by atoms with Crippen molar-refractivity contribution in [2.75, 3.05) is 19.3 Å². The van der Waals surface area contributed by atoms with Crippen molar-refractivity contribution < 1.29 is 13.2 Å². The fraction of sp³-hybridized carbons (Fsp3) is 0.480. The van der Waals surface area contributed by atoms with Crippen molar-refractivity contribution >= 4 is 15.9 Å². The van der Waals surface area contributed by atoms with E-state index in [-0.39, 0.29) is 29.2 Å². The van der Waals surface area contributed by atoms with Gasteiger partial charge in [0.15, 0.2) is 0 Å². The molecule has 2 aromatic rings. The molecule has 5 nitrogen and oxygen atoms in total. The summed E-state index contributed by atoms with van der Waals surface area (Å²) in [6.45, 7) is 5.67. The molecule has 1 saturated heterocycles. The second-order valence-corrected chi connectivity index (χ2v) is 11.4. The monoisotopic (exact) mass is 440 g/mol. The number of amides is 1. The van der Waals surface area contributed by atoms with Gasteiger partial charge in [0.25, 0.3) is 0 Å². The average Bonchev–Trinajstić information content (AvgIpc) is 3.37. The number of sulfonamides is 1. The predicted molar refractivity (Wildman–Crippen MR) is 124 cm³/mol. The average molecular weight is 441 g/mol. The third-order valence-corrected chi connectivity index (χ3v) is 7.66. The van der Waals surface area contributed by atoms with Crippen LogP contribution < -0.4 is 4.72 Å². The molecule has 0 radical (unpaired) electrons. The second-order valence-electron chi connectivity index (χ2n) is 9.57. The number of rotatable bonds is 5. The van der Waals surface area contributed by atoms with Gasteiger partial charge in [-0.25, -0.2) is 13.1 Å². The first-order valence-electron chi connectivity index (χ1n) is 11.1. The van der Waals surface area contributed by atoms with E-state index in [1.165, 1.54) is 22.9 Å². The molecule has 2 aliphatic rings. The van der Waals surface area contributed by atoms with Gasteiger partial charge in [0.05, 0.1) is 12.2 Å². The molecule has 4 rings (SSSR count). The number of hydrogen-bond acceptors (Lipinski definition) is 3. The maximum absolute atomic E-state index is 13.5. The molecule has 166 valence electrons. The lowest BCUT2D eigenvalue weighted by Crippen LogP contribution is -2.37. The Morgan fingerprint density at radius 1 is 1.00 bits per heavy atom. The number of carbonyl (C=O) groups excluding carboxylic acids is 1. The highest BCUT2D eigenvalue weighted by Gasteiger charge is 2.63. The van der Waals surface area contributed by atoms with Crippen molar-refractivity contribution in [3.05, 3.63) is 60.2 Å². The zero-order chi connectivity index (χ0) is 22.2. The van der Waals surface area contributed by atoms with Crippen LogP contribution in [0.4, 0.5) is 0 Å². The molecule has 1 amide bonds. The summed E-state index contributed by atoms with van der Waals surface area (Å²) >= 11 is 0. The number of hydrogen-bond donors (Lipinski definition) is 1. The van der Waals surface area contributed by atoms with Crippen LogP contribution in [0.3, 0.4) is 0 Å². The number of nitrogens with one attached hydrogen (secondary N) is 1. The molecule has 3 unspecified atom stereocenters. The van der Waals surface area contributed by atoms with Crippen LogP contribution in [-0.2, 0) is 14.8 Å². The molecule has 1 N–H and O–H groups in total. The highest BCUT2D eigenvalue weighted by molar-refractivity contribution is 7.88. The zero-order valence-corrected chi connectivity index (χ0v) is 19.4. The zero-order valence-electron chi connectivity index (χ0n) is 18.5. The van der Waals surface area contributed by atoms with Crippen LogP contribution in [0.2, 0.25) is 0 Å². The van der Waals surface area contributed by atoms with Crippen molar-refractivity contribution in [3.63, 3.8) is 0 Å². The summed E-state index contributed by atoms with van der Waals surface area (Å²) in [5, 5.41) is 0. The van der Waals surface area contributed by atoms with Crippen LogP contribution in [0.1, 0.15) is 44.6 Å². The van der Waals surface area contributed by atoms with Crippen LogP contribution in [-0.4, -0.2) is 44.6 Å². The Balaban J connectivity index is 1.52. The number of carbonyl (C=O) groups is 1. The third kappa shape index (κ3) is 4.70. The molecule has 0 bridgehead atoms. The lowest BCUT2D eigenvalue weighted by Gasteiger charge is -2.22. The summed E-state index contributed by atoms with van der Waals surface area (Å²) in [6, 6.07) is 18.7. The SMILES string of the molecule is CC1(C)C(C(=O)N2CCCC(NS(C)(=O)=O)CC2)C1c1ccccc1-c1ccccc1. The molecular formula is C25H32N2O3S. The Kier molecular flexibility index (Phi) is 5.97. The highest BCUT2D eigenvalue weighted by Crippen LogP contribution is 2.66. The number of nitrogens with zero attached hydrogens (tertiary/aromatic N) is 1. The Morgan fingerprint density at radius 2 is 1.68 bits per heavy atom. The van der Waals surface area contributed by atoms with Crippen LogP contribution in [0.25, 0.3) is 11.1 Å². The molecule has 6 heteroatoms. The Morgan fingerprint density at radius 3 is 2.39 bits per heavy atom. The maximum Gasteiger partial charge on any atom is 0.226 e. The van der Waals surface area contributed by atoms with Gasteiger partial charge in [0, 0.05) is 25.0 Å². The fourth-order valence-corrected chi connectivity index (χ4v) is 6.10. The molecule has 2 aromatic carbocycles. The van der Waals surface area contributed by atoms with Crippen molar-refractivity contribution in [2.45, 2.75) is 45.1 Å². The van der Waals surface area contributed by atoms with E-state index in [4.69, 9.17) is 0 Å². The first-order chi connectivity index (χ1) is 14.7. The minimum Gasteiger partial charge on any atom is -0.342 e. The Labute approximate surface area is 185 Å². The molecule has 2 fully saturated rings. The molecule has 1 aliphatic carbocycles. The lowest BCUT2D eigenvalue weighted by molar-refractivity contribution is -0.133. The highest BCUT2D eigenvalue weighted by atomic mass is 32.2. The molecule has 3 atom stereocenters. The summed E-state index contributed by atoms with van der Waals surface area (Å²) in [5.41, 5.74) is 3.52. The van der Waals surface area contributed by atoms with Crippen LogP contribution >= 0.6 is 0 Å². The van der Waals surface area contributed by atoms with Gasteiger partial charge >= 0.3 is 0 Å².